The highest BCUT2D eigenvalue weighted by molar-refractivity contribution is 5.66. The van der Waals surface area contributed by atoms with Crippen LogP contribution in [0.5, 0.6) is 0 Å². The van der Waals surface area contributed by atoms with Gasteiger partial charge in [-0.05, 0) is 20.4 Å². The van der Waals surface area contributed by atoms with Gasteiger partial charge in [0.1, 0.15) is 6.23 Å². The van der Waals surface area contributed by atoms with E-state index in [0.29, 0.717) is 6.42 Å². The number of aliphatic hydroxyl groups is 1. The number of aliphatic carboxylic acids is 1. The molecule has 0 aromatic rings. The first-order valence-corrected chi connectivity index (χ1v) is 4.61. The Labute approximate surface area is 80.0 Å². The van der Waals surface area contributed by atoms with E-state index in [0.717, 1.165) is 19.3 Å². The summed E-state index contributed by atoms with van der Waals surface area (Å²) in [4.78, 5) is 9.87. The molecule has 0 bridgehead atoms. The van der Waals surface area contributed by atoms with Crippen molar-refractivity contribution in [3.8, 4) is 0 Å². The summed E-state index contributed by atoms with van der Waals surface area (Å²) in [6.45, 7) is 3.72. The molecule has 0 aliphatic heterocycles. The molecule has 0 spiro atoms. The van der Waals surface area contributed by atoms with E-state index in [2.05, 4.69) is 12.2 Å². The molecule has 0 saturated carbocycles. The van der Waals surface area contributed by atoms with Crippen molar-refractivity contribution < 1.29 is 15.0 Å². The normalized spacial score (nSPS) is 11.4. The van der Waals surface area contributed by atoms with E-state index in [1.165, 1.54) is 0 Å². The van der Waals surface area contributed by atoms with Crippen LogP contribution in [0.3, 0.4) is 0 Å². The molecule has 4 heteroatoms. The Morgan fingerprint density at radius 3 is 2.15 bits per heavy atom. The maximum absolute atomic E-state index is 9.87. The van der Waals surface area contributed by atoms with E-state index in [1.807, 2.05) is 0 Å². The molecule has 4 nitrogen and oxygen atoms in total. The smallest absolute Gasteiger partial charge is 0.303 e. The number of hydrogen-bond donors (Lipinski definition) is 3. The number of carboxylic acid groups (broad SMARTS) is 1. The number of carbonyl (C=O) groups is 1. The van der Waals surface area contributed by atoms with Gasteiger partial charge < -0.3 is 10.2 Å². The Hall–Kier alpha value is -0.610. The standard InChI is InChI=1S/C6H12O2.C3H9NO/c1-2-3-4-5-6(7)8;1-3(5)4-2/h2-5H2,1H3,(H,7,8);3-5H,1-2H3. The summed E-state index contributed by atoms with van der Waals surface area (Å²) in [6.07, 6.45) is 2.91. The number of carboxylic acids is 1. The van der Waals surface area contributed by atoms with Crippen LogP contribution < -0.4 is 5.32 Å². The van der Waals surface area contributed by atoms with Crippen LogP contribution >= 0.6 is 0 Å². The summed E-state index contributed by atoms with van der Waals surface area (Å²) in [6, 6.07) is 0. The van der Waals surface area contributed by atoms with Gasteiger partial charge in [-0.15, -0.1) is 0 Å². The predicted octanol–water partition coefficient (Wildman–Crippen LogP) is 1.20. The molecule has 0 rings (SSSR count). The highest BCUT2D eigenvalue weighted by Gasteiger charge is 1.92. The van der Waals surface area contributed by atoms with E-state index >= 15 is 0 Å². The fourth-order valence-electron chi connectivity index (χ4n) is 0.526. The van der Waals surface area contributed by atoms with Crippen LogP contribution in [0.4, 0.5) is 0 Å². The fourth-order valence-corrected chi connectivity index (χ4v) is 0.526. The van der Waals surface area contributed by atoms with Crippen molar-refractivity contribution >= 4 is 5.97 Å². The summed E-state index contributed by atoms with van der Waals surface area (Å²) in [5.41, 5.74) is 0. The third kappa shape index (κ3) is 24.6. The van der Waals surface area contributed by atoms with Crippen molar-refractivity contribution in [2.24, 2.45) is 0 Å². The van der Waals surface area contributed by atoms with Gasteiger partial charge in [0.15, 0.2) is 0 Å². The Morgan fingerprint density at radius 1 is 1.46 bits per heavy atom. The molecule has 0 saturated heterocycles. The minimum absolute atomic E-state index is 0.327. The third-order valence-corrected chi connectivity index (χ3v) is 1.41. The molecule has 3 N–H and O–H groups in total. The maximum atomic E-state index is 9.87. The Kier molecular flexibility index (Phi) is 13.0. The van der Waals surface area contributed by atoms with Crippen LogP contribution in [0.25, 0.3) is 0 Å². The second-order valence-corrected chi connectivity index (χ2v) is 2.82. The SMILES string of the molecule is CCCCCC(=O)O.CNC(C)O. The van der Waals surface area contributed by atoms with Gasteiger partial charge in [0, 0.05) is 6.42 Å². The molecule has 0 aliphatic carbocycles. The minimum Gasteiger partial charge on any atom is -0.481 e. The lowest BCUT2D eigenvalue weighted by molar-refractivity contribution is -0.137. The van der Waals surface area contributed by atoms with Crippen LogP contribution in [0.15, 0.2) is 0 Å². The fraction of sp³-hybridized carbons (Fsp3) is 0.889. The topological polar surface area (TPSA) is 69.6 Å². The molecule has 0 aromatic heterocycles. The summed E-state index contributed by atoms with van der Waals surface area (Å²) < 4.78 is 0. The summed E-state index contributed by atoms with van der Waals surface area (Å²) in [5, 5.41) is 19.0. The lowest BCUT2D eigenvalue weighted by Gasteiger charge is -1.94. The van der Waals surface area contributed by atoms with Crippen molar-refractivity contribution in [1.29, 1.82) is 0 Å². The van der Waals surface area contributed by atoms with Gasteiger partial charge >= 0.3 is 5.97 Å². The quantitative estimate of drug-likeness (QED) is 0.451. The van der Waals surface area contributed by atoms with Crippen molar-refractivity contribution in [1.82, 2.24) is 5.32 Å². The first-order chi connectivity index (χ1) is 6.04. The highest BCUT2D eigenvalue weighted by Crippen LogP contribution is 1.97. The zero-order chi connectivity index (χ0) is 10.7. The van der Waals surface area contributed by atoms with Gasteiger partial charge in [-0.25, -0.2) is 0 Å². The monoisotopic (exact) mass is 191 g/mol. The number of unbranched alkanes of at least 4 members (excludes halogenated alkanes) is 2. The van der Waals surface area contributed by atoms with Gasteiger partial charge in [-0.3, -0.25) is 10.1 Å². The molecule has 0 radical (unpaired) electrons. The molecule has 0 heterocycles. The predicted molar refractivity (Wildman–Crippen MR) is 52.5 cm³/mol. The third-order valence-electron chi connectivity index (χ3n) is 1.41. The van der Waals surface area contributed by atoms with Gasteiger partial charge in [0.25, 0.3) is 0 Å². The number of hydrogen-bond acceptors (Lipinski definition) is 3. The average Bonchev–Trinajstić information content (AvgIpc) is 2.05. The Balaban J connectivity index is 0. The van der Waals surface area contributed by atoms with Crippen LogP contribution in [-0.2, 0) is 4.79 Å². The lowest BCUT2D eigenvalue weighted by atomic mass is 10.2. The van der Waals surface area contributed by atoms with Gasteiger partial charge in [0.2, 0.25) is 0 Å². The lowest BCUT2D eigenvalue weighted by Crippen LogP contribution is -2.19. The number of aliphatic hydroxyl groups excluding tert-OH is 1. The molecule has 13 heavy (non-hydrogen) atoms. The van der Waals surface area contributed by atoms with Crippen molar-refractivity contribution in [3.05, 3.63) is 0 Å². The summed E-state index contributed by atoms with van der Waals surface area (Å²) in [5.74, 6) is -0.682. The maximum Gasteiger partial charge on any atom is 0.303 e. The second-order valence-electron chi connectivity index (χ2n) is 2.82. The molecule has 0 amide bonds. The zero-order valence-electron chi connectivity index (χ0n) is 8.71. The Morgan fingerprint density at radius 2 is 1.92 bits per heavy atom. The molecular formula is C9H21NO3. The summed E-state index contributed by atoms with van der Waals surface area (Å²) >= 11 is 0. The number of rotatable bonds is 5. The Bertz CT molecular complexity index is 115. The average molecular weight is 191 g/mol. The van der Waals surface area contributed by atoms with Crippen LogP contribution in [0.1, 0.15) is 39.5 Å². The first kappa shape index (κ1) is 14.9. The van der Waals surface area contributed by atoms with E-state index in [4.69, 9.17) is 10.2 Å². The first-order valence-electron chi connectivity index (χ1n) is 4.61. The largest absolute Gasteiger partial charge is 0.481 e. The van der Waals surface area contributed by atoms with Crippen LogP contribution in [0.2, 0.25) is 0 Å². The minimum atomic E-state index is -0.682. The van der Waals surface area contributed by atoms with Crippen molar-refractivity contribution in [3.63, 3.8) is 0 Å². The number of nitrogens with one attached hydrogen (secondary N) is 1. The van der Waals surface area contributed by atoms with Crippen LogP contribution in [-0.4, -0.2) is 29.5 Å². The van der Waals surface area contributed by atoms with E-state index in [-0.39, 0.29) is 6.23 Å². The van der Waals surface area contributed by atoms with E-state index < -0.39 is 5.97 Å². The van der Waals surface area contributed by atoms with Crippen molar-refractivity contribution in [2.45, 2.75) is 45.8 Å². The van der Waals surface area contributed by atoms with Gasteiger partial charge in [-0.1, -0.05) is 19.8 Å². The molecule has 1 unspecified atom stereocenters. The molecular weight excluding hydrogens is 170 g/mol. The van der Waals surface area contributed by atoms with E-state index in [1.54, 1.807) is 14.0 Å². The summed E-state index contributed by atoms with van der Waals surface area (Å²) in [7, 11) is 1.70. The van der Waals surface area contributed by atoms with Crippen LogP contribution in [0, 0.1) is 0 Å². The molecule has 0 aromatic carbocycles. The molecule has 80 valence electrons. The molecule has 1 atom stereocenters. The van der Waals surface area contributed by atoms with Gasteiger partial charge in [0.05, 0.1) is 0 Å². The molecule has 0 fully saturated rings. The zero-order valence-corrected chi connectivity index (χ0v) is 8.71. The van der Waals surface area contributed by atoms with Crippen molar-refractivity contribution in [2.75, 3.05) is 7.05 Å². The highest BCUT2D eigenvalue weighted by atomic mass is 16.4. The van der Waals surface area contributed by atoms with Gasteiger partial charge in [-0.2, -0.15) is 0 Å². The van der Waals surface area contributed by atoms with E-state index in [9.17, 15) is 4.79 Å². The second kappa shape index (κ2) is 11.4. The molecule has 0 aliphatic rings.